The van der Waals surface area contributed by atoms with E-state index in [0.29, 0.717) is 4.90 Å². The van der Waals surface area contributed by atoms with Gasteiger partial charge in [-0.1, -0.05) is 17.7 Å². The second-order valence-corrected chi connectivity index (χ2v) is 9.56. The highest BCUT2D eigenvalue weighted by atomic mass is 32.2. The number of benzene rings is 1. The number of aliphatic hydroxyl groups is 1. The van der Waals surface area contributed by atoms with Gasteiger partial charge in [-0.2, -0.15) is 0 Å². The average molecular weight is 384 g/mol. The molecule has 3 atom stereocenters. The highest BCUT2D eigenvalue weighted by Crippen LogP contribution is 2.31. The number of aryl methyl sites for hydroxylation is 1. The van der Waals surface area contributed by atoms with Crippen molar-refractivity contribution < 1.29 is 23.6 Å². The number of ether oxygens (including phenoxy) is 2. The second kappa shape index (κ2) is 7.66. The standard InChI is InChI=1S/C19H29NO5S/c1-13-7-9-14(10-8-13)26(23)12-16(21)15-11-24-19(5,6)20(15)17(22)25-18(2,3)4/h7-10,15-16,21H,11-12H2,1-6H3/t15-,16-,26?/m0/s1. The van der Waals surface area contributed by atoms with E-state index in [-0.39, 0.29) is 12.4 Å². The molecule has 0 saturated carbocycles. The minimum atomic E-state index is -1.37. The smallest absolute Gasteiger partial charge is 0.412 e. The molecule has 0 bridgehead atoms. The predicted octanol–water partition coefficient (Wildman–Crippen LogP) is 2.84. The molecule has 1 N–H and O–H groups in total. The van der Waals surface area contributed by atoms with Gasteiger partial charge >= 0.3 is 6.09 Å². The van der Waals surface area contributed by atoms with Gasteiger partial charge in [-0.25, -0.2) is 4.79 Å². The Bertz CT molecular complexity index is 666. The van der Waals surface area contributed by atoms with Gasteiger partial charge in [0.05, 0.1) is 35.3 Å². The largest absolute Gasteiger partial charge is 0.444 e. The molecule has 1 aliphatic heterocycles. The Kier molecular flexibility index (Phi) is 6.15. The van der Waals surface area contributed by atoms with E-state index in [1.807, 2.05) is 19.1 Å². The molecule has 0 aromatic heterocycles. The van der Waals surface area contributed by atoms with Gasteiger partial charge in [0.25, 0.3) is 0 Å². The van der Waals surface area contributed by atoms with Crippen LogP contribution in [0.4, 0.5) is 4.79 Å². The third-order valence-electron chi connectivity index (χ3n) is 4.16. The second-order valence-electron chi connectivity index (χ2n) is 8.07. The van der Waals surface area contributed by atoms with Crippen molar-refractivity contribution in [2.45, 2.75) is 69.9 Å². The summed E-state index contributed by atoms with van der Waals surface area (Å²) in [4.78, 5) is 14.7. The van der Waals surface area contributed by atoms with Crippen LogP contribution in [0.2, 0.25) is 0 Å². The Morgan fingerprint density at radius 2 is 1.96 bits per heavy atom. The maximum absolute atomic E-state index is 12.6. The number of rotatable bonds is 4. The van der Waals surface area contributed by atoms with Crippen LogP contribution in [-0.4, -0.2) is 56.1 Å². The minimum absolute atomic E-state index is 0.0203. The zero-order valence-electron chi connectivity index (χ0n) is 16.3. The molecule has 1 aliphatic rings. The molecule has 0 radical (unpaired) electrons. The lowest BCUT2D eigenvalue weighted by atomic mass is 10.1. The number of carbonyl (C=O) groups excluding carboxylic acids is 1. The van der Waals surface area contributed by atoms with Crippen LogP contribution in [0.15, 0.2) is 29.2 Å². The van der Waals surface area contributed by atoms with Gasteiger partial charge in [0.15, 0.2) is 0 Å². The van der Waals surface area contributed by atoms with Crippen molar-refractivity contribution in [3.05, 3.63) is 29.8 Å². The van der Waals surface area contributed by atoms with Crippen molar-refractivity contribution in [1.82, 2.24) is 4.90 Å². The van der Waals surface area contributed by atoms with Crippen molar-refractivity contribution >= 4 is 16.9 Å². The highest BCUT2D eigenvalue weighted by Gasteiger charge is 2.48. The van der Waals surface area contributed by atoms with Crippen molar-refractivity contribution in [3.63, 3.8) is 0 Å². The summed E-state index contributed by atoms with van der Waals surface area (Å²) >= 11 is 0. The third kappa shape index (κ3) is 5.05. The molecule has 26 heavy (non-hydrogen) atoms. The van der Waals surface area contributed by atoms with Gasteiger partial charge in [-0.3, -0.25) is 9.11 Å². The molecule has 0 spiro atoms. The van der Waals surface area contributed by atoms with Crippen molar-refractivity contribution in [2.75, 3.05) is 12.4 Å². The summed E-state index contributed by atoms with van der Waals surface area (Å²) in [5.41, 5.74) is -0.483. The van der Waals surface area contributed by atoms with Gasteiger partial charge in [0, 0.05) is 4.90 Å². The number of hydrogen-bond acceptors (Lipinski definition) is 5. The van der Waals surface area contributed by atoms with Crippen molar-refractivity contribution in [3.8, 4) is 0 Å². The third-order valence-corrected chi connectivity index (χ3v) is 5.60. The van der Waals surface area contributed by atoms with Gasteiger partial charge in [0.1, 0.15) is 11.3 Å². The van der Waals surface area contributed by atoms with Crippen LogP contribution in [0.1, 0.15) is 40.2 Å². The quantitative estimate of drug-likeness (QED) is 0.865. The number of aliphatic hydroxyl groups excluding tert-OH is 1. The molecule has 1 saturated heterocycles. The Morgan fingerprint density at radius 1 is 1.38 bits per heavy atom. The first-order chi connectivity index (χ1) is 11.9. The molecule has 7 heteroatoms. The van der Waals surface area contributed by atoms with Crippen LogP contribution >= 0.6 is 0 Å². The average Bonchev–Trinajstić information content (AvgIpc) is 2.81. The van der Waals surface area contributed by atoms with E-state index in [4.69, 9.17) is 9.47 Å². The number of nitrogens with zero attached hydrogens (tertiary/aromatic N) is 1. The minimum Gasteiger partial charge on any atom is -0.444 e. The van der Waals surface area contributed by atoms with E-state index in [1.165, 1.54) is 4.90 Å². The van der Waals surface area contributed by atoms with E-state index in [0.717, 1.165) is 5.56 Å². The molecule has 6 nitrogen and oxygen atoms in total. The summed E-state index contributed by atoms with van der Waals surface area (Å²) in [7, 11) is -1.37. The van der Waals surface area contributed by atoms with E-state index in [2.05, 4.69) is 0 Å². The maximum atomic E-state index is 12.6. The SMILES string of the molecule is Cc1ccc(S(=O)C[C@H](O)[C@@H]2COC(C)(C)N2C(=O)OC(C)(C)C)cc1. The first kappa shape index (κ1) is 20.9. The molecule has 1 amide bonds. The van der Waals surface area contributed by atoms with Gasteiger partial charge in [-0.05, 0) is 53.7 Å². The van der Waals surface area contributed by atoms with Gasteiger partial charge < -0.3 is 14.6 Å². The van der Waals surface area contributed by atoms with Crippen molar-refractivity contribution in [1.29, 1.82) is 0 Å². The molecular formula is C19H29NO5S. The van der Waals surface area contributed by atoms with E-state index < -0.39 is 40.4 Å². The highest BCUT2D eigenvalue weighted by molar-refractivity contribution is 7.85. The summed E-state index contributed by atoms with van der Waals surface area (Å²) in [6, 6.07) is 6.73. The van der Waals surface area contributed by atoms with Crippen LogP contribution in [0.25, 0.3) is 0 Å². The van der Waals surface area contributed by atoms with E-state index in [1.54, 1.807) is 46.8 Å². The number of carbonyl (C=O) groups is 1. The number of amides is 1. The van der Waals surface area contributed by atoms with Crippen LogP contribution < -0.4 is 0 Å². The van der Waals surface area contributed by atoms with Gasteiger partial charge in [0.2, 0.25) is 0 Å². The fourth-order valence-electron chi connectivity index (χ4n) is 2.83. The Balaban J connectivity index is 2.12. The predicted molar refractivity (Wildman–Crippen MR) is 100 cm³/mol. The monoisotopic (exact) mass is 383 g/mol. The van der Waals surface area contributed by atoms with E-state index in [9.17, 15) is 14.1 Å². The fourth-order valence-corrected chi connectivity index (χ4v) is 4.00. The van der Waals surface area contributed by atoms with Crippen LogP contribution in [0.3, 0.4) is 0 Å². The summed E-state index contributed by atoms with van der Waals surface area (Å²) in [6.45, 7) is 11.0. The summed E-state index contributed by atoms with van der Waals surface area (Å²) in [5, 5.41) is 10.7. The molecular weight excluding hydrogens is 354 g/mol. The Morgan fingerprint density at radius 3 is 2.50 bits per heavy atom. The van der Waals surface area contributed by atoms with Crippen LogP contribution in [0.5, 0.6) is 0 Å². The molecule has 1 aromatic rings. The lowest BCUT2D eigenvalue weighted by Gasteiger charge is -2.36. The lowest BCUT2D eigenvalue weighted by Crippen LogP contribution is -2.54. The van der Waals surface area contributed by atoms with Crippen molar-refractivity contribution in [2.24, 2.45) is 0 Å². The molecule has 1 heterocycles. The van der Waals surface area contributed by atoms with Crippen LogP contribution in [-0.2, 0) is 20.3 Å². The summed E-state index contributed by atoms with van der Waals surface area (Å²) < 4.78 is 23.7. The first-order valence-corrected chi connectivity index (χ1v) is 10.0. The summed E-state index contributed by atoms with van der Waals surface area (Å²) in [6.07, 6.45) is -1.54. The topological polar surface area (TPSA) is 76.1 Å². The fraction of sp³-hybridized carbons (Fsp3) is 0.632. The van der Waals surface area contributed by atoms with Gasteiger partial charge in [-0.15, -0.1) is 0 Å². The Hall–Kier alpha value is -1.44. The zero-order valence-corrected chi connectivity index (χ0v) is 17.1. The summed E-state index contributed by atoms with van der Waals surface area (Å²) in [5.74, 6) is 0.0203. The molecule has 2 rings (SSSR count). The normalized spacial score (nSPS) is 22.1. The molecule has 1 aromatic carbocycles. The lowest BCUT2D eigenvalue weighted by molar-refractivity contribution is -0.0669. The zero-order chi connectivity index (χ0) is 19.7. The van der Waals surface area contributed by atoms with E-state index >= 15 is 0 Å². The molecule has 0 aliphatic carbocycles. The molecule has 1 fully saturated rings. The Labute approximate surface area is 157 Å². The molecule has 1 unspecified atom stereocenters. The maximum Gasteiger partial charge on any atom is 0.412 e. The molecule has 146 valence electrons. The van der Waals surface area contributed by atoms with Crippen LogP contribution in [0, 0.1) is 6.92 Å². The first-order valence-electron chi connectivity index (χ1n) is 8.70. The number of hydrogen-bond donors (Lipinski definition) is 1.